The zero-order valence-corrected chi connectivity index (χ0v) is 20.7. The van der Waals surface area contributed by atoms with Gasteiger partial charge in [0.25, 0.3) is 5.56 Å². The van der Waals surface area contributed by atoms with Crippen LogP contribution in [0.2, 0.25) is 0 Å². The Labute approximate surface area is 207 Å². The molecule has 7 nitrogen and oxygen atoms in total. The highest BCUT2D eigenvalue weighted by molar-refractivity contribution is 7.99. The van der Waals surface area contributed by atoms with Crippen LogP contribution < -0.4 is 16.6 Å². The largest absolute Gasteiger partial charge is 0.397 e. The first kappa shape index (κ1) is 23.1. The van der Waals surface area contributed by atoms with Crippen molar-refractivity contribution in [3.05, 3.63) is 68.3 Å². The van der Waals surface area contributed by atoms with Crippen molar-refractivity contribution >= 4 is 34.7 Å². The average Bonchev–Trinajstić information content (AvgIpc) is 3.33. The zero-order chi connectivity index (χ0) is 23.5. The first-order valence-corrected chi connectivity index (χ1v) is 13.6. The quantitative estimate of drug-likeness (QED) is 0.282. The molecule has 0 atom stereocenters. The van der Waals surface area contributed by atoms with Crippen LogP contribution in [0.4, 0.5) is 5.69 Å². The summed E-state index contributed by atoms with van der Waals surface area (Å²) in [6.45, 7) is 2.26. The predicted molar refractivity (Wildman–Crippen MR) is 138 cm³/mol. The number of thiophene rings is 1. The molecule has 1 aromatic carbocycles. The van der Waals surface area contributed by atoms with E-state index in [1.54, 1.807) is 38.6 Å². The molecule has 0 saturated heterocycles. The molecule has 1 fully saturated rings. The lowest BCUT2D eigenvalue weighted by molar-refractivity contribution is -0.132. The standard InChI is InChI=1S/C25H29N5O2S2/c26-20-6-1-2-7-22(20)30-24(32)19-15-29(23(31)8-11-27-14-17-10-13-33-16-17)12-9-21(19)28-25(30)34-18-4-3-5-18/h1-2,6-7,10,13,16,18,27H,3-5,8-9,11-12,14-15,26H2. The summed E-state index contributed by atoms with van der Waals surface area (Å²) in [5.74, 6) is 0.0570. The van der Waals surface area contributed by atoms with Gasteiger partial charge in [0.15, 0.2) is 5.16 Å². The van der Waals surface area contributed by atoms with Gasteiger partial charge in [0, 0.05) is 37.7 Å². The number of hydrogen-bond donors (Lipinski definition) is 2. The number of nitrogen functional groups attached to an aromatic ring is 1. The lowest BCUT2D eigenvalue weighted by atomic mass is 10.0. The van der Waals surface area contributed by atoms with Gasteiger partial charge >= 0.3 is 0 Å². The van der Waals surface area contributed by atoms with Gasteiger partial charge in [-0.05, 0) is 47.4 Å². The SMILES string of the molecule is Nc1ccccc1-n1c(SC2CCC2)nc2c(c1=O)CN(C(=O)CCNCc1ccsc1)CC2. The van der Waals surface area contributed by atoms with Gasteiger partial charge in [0.2, 0.25) is 5.91 Å². The number of nitrogens with one attached hydrogen (secondary N) is 1. The normalized spacial score (nSPS) is 15.7. The Bertz CT molecular complexity index is 1220. The summed E-state index contributed by atoms with van der Waals surface area (Å²) in [5, 5.41) is 8.68. The fraction of sp³-hybridized carbons (Fsp3) is 0.400. The molecule has 2 aromatic heterocycles. The number of amides is 1. The summed E-state index contributed by atoms with van der Waals surface area (Å²) in [4.78, 5) is 33.3. The molecule has 3 heterocycles. The Morgan fingerprint density at radius 1 is 1.26 bits per heavy atom. The second-order valence-electron chi connectivity index (χ2n) is 8.81. The first-order valence-electron chi connectivity index (χ1n) is 11.8. The molecule has 3 aromatic rings. The predicted octanol–water partition coefficient (Wildman–Crippen LogP) is 3.59. The van der Waals surface area contributed by atoms with Crippen LogP contribution in [0.25, 0.3) is 5.69 Å². The van der Waals surface area contributed by atoms with Gasteiger partial charge in [-0.15, -0.1) is 0 Å². The number of nitrogens with zero attached hydrogens (tertiary/aromatic N) is 3. The second kappa shape index (κ2) is 10.3. The number of rotatable bonds is 8. The molecule has 1 saturated carbocycles. The fourth-order valence-electron chi connectivity index (χ4n) is 4.27. The molecule has 0 bridgehead atoms. The van der Waals surface area contributed by atoms with Crippen molar-refractivity contribution in [2.45, 2.75) is 55.6 Å². The number of fused-ring (bicyclic) bond motifs is 1. The van der Waals surface area contributed by atoms with Crippen LogP contribution in [0.15, 0.2) is 51.0 Å². The van der Waals surface area contributed by atoms with Gasteiger partial charge in [0.05, 0.1) is 29.2 Å². The Morgan fingerprint density at radius 2 is 2.12 bits per heavy atom. The van der Waals surface area contributed by atoms with Gasteiger partial charge in [-0.3, -0.25) is 14.2 Å². The highest BCUT2D eigenvalue weighted by Crippen LogP contribution is 2.37. The van der Waals surface area contributed by atoms with Gasteiger partial charge in [0.1, 0.15) is 0 Å². The van der Waals surface area contributed by atoms with E-state index in [2.05, 4.69) is 16.8 Å². The third kappa shape index (κ3) is 4.92. The monoisotopic (exact) mass is 495 g/mol. The number of aromatic nitrogens is 2. The average molecular weight is 496 g/mol. The zero-order valence-electron chi connectivity index (χ0n) is 19.0. The van der Waals surface area contributed by atoms with Crippen molar-refractivity contribution in [2.75, 3.05) is 18.8 Å². The third-order valence-corrected chi connectivity index (χ3v) is 8.50. The number of benzene rings is 1. The Kier molecular flexibility index (Phi) is 7.03. The van der Waals surface area contributed by atoms with Crippen molar-refractivity contribution in [1.82, 2.24) is 19.8 Å². The second-order valence-corrected chi connectivity index (χ2v) is 10.9. The van der Waals surface area contributed by atoms with Crippen LogP contribution >= 0.6 is 23.1 Å². The molecule has 3 N–H and O–H groups in total. The molecule has 9 heteroatoms. The highest BCUT2D eigenvalue weighted by atomic mass is 32.2. The number of thioether (sulfide) groups is 1. The first-order chi connectivity index (χ1) is 16.6. The molecule has 0 radical (unpaired) electrons. The smallest absolute Gasteiger partial charge is 0.264 e. The molecule has 0 spiro atoms. The highest BCUT2D eigenvalue weighted by Gasteiger charge is 2.29. The number of carbonyl (C=O) groups excluding carboxylic acids is 1. The van der Waals surface area contributed by atoms with E-state index >= 15 is 0 Å². The van der Waals surface area contributed by atoms with Gasteiger partial charge in [-0.1, -0.05) is 30.3 Å². The van der Waals surface area contributed by atoms with E-state index in [0.29, 0.717) is 59.8 Å². The number of hydrogen-bond acceptors (Lipinski definition) is 7. The fourth-order valence-corrected chi connectivity index (χ4v) is 6.25. The molecule has 34 heavy (non-hydrogen) atoms. The summed E-state index contributed by atoms with van der Waals surface area (Å²) in [5.41, 5.74) is 9.99. The van der Waals surface area contributed by atoms with Crippen molar-refractivity contribution < 1.29 is 4.79 Å². The molecule has 5 rings (SSSR count). The topological polar surface area (TPSA) is 93.2 Å². The van der Waals surface area contributed by atoms with Crippen LogP contribution in [-0.4, -0.2) is 38.7 Å². The minimum absolute atomic E-state index is 0.0570. The van der Waals surface area contributed by atoms with E-state index in [9.17, 15) is 9.59 Å². The van der Waals surface area contributed by atoms with E-state index in [1.165, 1.54) is 12.0 Å². The van der Waals surface area contributed by atoms with Crippen LogP contribution in [0, 0.1) is 0 Å². The van der Waals surface area contributed by atoms with Gasteiger partial charge in [-0.25, -0.2) is 4.98 Å². The maximum Gasteiger partial charge on any atom is 0.264 e. The Balaban J connectivity index is 1.35. The summed E-state index contributed by atoms with van der Waals surface area (Å²) < 4.78 is 1.66. The lowest BCUT2D eigenvalue weighted by Gasteiger charge is -2.30. The summed E-state index contributed by atoms with van der Waals surface area (Å²) >= 11 is 3.34. The summed E-state index contributed by atoms with van der Waals surface area (Å²) in [6.07, 6.45) is 4.51. The van der Waals surface area contributed by atoms with Crippen LogP contribution in [0.5, 0.6) is 0 Å². The molecular weight excluding hydrogens is 466 g/mol. The molecule has 1 amide bonds. The number of carbonyl (C=O) groups is 1. The van der Waals surface area contributed by atoms with Crippen LogP contribution in [-0.2, 0) is 24.3 Å². The maximum absolute atomic E-state index is 13.7. The Hall–Kier alpha value is -2.62. The number of anilines is 1. The third-order valence-electron chi connectivity index (χ3n) is 6.48. The van der Waals surface area contributed by atoms with Crippen molar-refractivity contribution in [2.24, 2.45) is 0 Å². The van der Waals surface area contributed by atoms with E-state index in [0.717, 1.165) is 25.1 Å². The minimum atomic E-state index is -0.113. The summed E-state index contributed by atoms with van der Waals surface area (Å²) in [6, 6.07) is 9.49. The lowest BCUT2D eigenvalue weighted by Crippen LogP contribution is -2.42. The number of para-hydroxylation sites is 2. The van der Waals surface area contributed by atoms with E-state index in [-0.39, 0.29) is 11.5 Å². The summed E-state index contributed by atoms with van der Waals surface area (Å²) in [7, 11) is 0. The van der Waals surface area contributed by atoms with Crippen LogP contribution in [0.1, 0.15) is 42.5 Å². The van der Waals surface area contributed by atoms with Crippen molar-refractivity contribution in [3.63, 3.8) is 0 Å². The molecule has 2 aliphatic rings. The van der Waals surface area contributed by atoms with Gasteiger partial charge < -0.3 is 16.0 Å². The molecular formula is C25H29N5O2S2. The van der Waals surface area contributed by atoms with Crippen molar-refractivity contribution in [3.8, 4) is 5.69 Å². The number of nitrogens with two attached hydrogens (primary N) is 1. The molecule has 0 unspecified atom stereocenters. The minimum Gasteiger partial charge on any atom is -0.397 e. The Morgan fingerprint density at radius 3 is 2.85 bits per heavy atom. The van der Waals surface area contributed by atoms with E-state index < -0.39 is 0 Å². The maximum atomic E-state index is 13.7. The van der Waals surface area contributed by atoms with Crippen LogP contribution in [0.3, 0.4) is 0 Å². The molecule has 178 valence electrons. The van der Waals surface area contributed by atoms with E-state index in [4.69, 9.17) is 10.7 Å². The van der Waals surface area contributed by atoms with Crippen molar-refractivity contribution in [1.29, 1.82) is 0 Å². The van der Waals surface area contributed by atoms with E-state index in [1.807, 2.05) is 23.6 Å². The molecule has 1 aliphatic heterocycles. The molecule has 1 aliphatic carbocycles. The van der Waals surface area contributed by atoms with Gasteiger partial charge in [-0.2, -0.15) is 11.3 Å².